The first-order chi connectivity index (χ1) is 8.06. The fraction of sp³-hybridized carbons (Fsp3) is 0.636. The standard InChI is InChI=1S/C11H17NO5/c13-6-7(14)5-12-10(15)8-3-1-2-4-9(8)11(16)17/h1-2,7-9,13-14H,3-6H2,(H,12,15)(H,16,17)/t7?,8-,9+/m1/s1. The van der Waals surface area contributed by atoms with Gasteiger partial charge in [-0.25, -0.2) is 0 Å². The smallest absolute Gasteiger partial charge is 0.307 e. The Hall–Kier alpha value is -1.40. The summed E-state index contributed by atoms with van der Waals surface area (Å²) in [5.41, 5.74) is 0. The van der Waals surface area contributed by atoms with E-state index in [9.17, 15) is 9.59 Å². The molecule has 1 aliphatic rings. The largest absolute Gasteiger partial charge is 0.481 e. The molecule has 1 amide bonds. The van der Waals surface area contributed by atoms with Crippen molar-refractivity contribution >= 4 is 11.9 Å². The first-order valence-corrected chi connectivity index (χ1v) is 5.50. The number of carboxylic acid groups (broad SMARTS) is 1. The molecule has 0 heterocycles. The number of carbonyl (C=O) groups is 2. The fourth-order valence-electron chi connectivity index (χ4n) is 1.79. The molecule has 1 rings (SSSR count). The van der Waals surface area contributed by atoms with Gasteiger partial charge in [0.25, 0.3) is 0 Å². The van der Waals surface area contributed by atoms with Crippen LogP contribution in [0.25, 0.3) is 0 Å². The average Bonchev–Trinajstić information content (AvgIpc) is 2.35. The topological polar surface area (TPSA) is 107 Å². The van der Waals surface area contributed by atoms with Crippen molar-refractivity contribution in [1.29, 1.82) is 0 Å². The van der Waals surface area contributed by atoms with Crippen LogP contribution in [0.15, 0.2) is 12.2 Å². The van der Waals surface area contributed by atoms with E-state index < -0.39 is 36.4 Å². The molecule has 0 saturated heterocycles. The fourth-order valence-corrected chi connectivity index (χ4v) is 1.79. The summed E-state index contributed by atoms with van der Waals surface area (Å²) < 4.78 is 0. The quantitative estimate of drug-likeness (QED) is 0.469. The van der Waals surface area contributed by atoms with Crippen LogP contribution in [-0.2, 0) is 9.59 Å². The van der Waals surface area contributed by atoms with Crippen LogP contribution in [0.3, 0.4) is 0 Å². The molecule has 0 aromatic heterocycles. The first kappa shape index (κ1) is 13.7. The summed E-state index contributed by atoms with van der Waals surface area (Å²) in [6.45, 7) is -0.505. The number of amides is 1. The van der Waals surface area contributed by atoms with Gasteiger partial charge in [0.1, 0.15) is 0 Å². The third-order valence-corrected chi connectivity index (χ3v) is 2.81. The number of carboxylic acids is 1. The molecule has 0 aromatic carbocycles. The Morgan fingerprint density at radius 3 is 2.41 bits per heavy atom. The lowest BCUT2D eigenvalue weighted by Gasteiger charge is -2.24. The maximum atomic E-state index is 11.7. The van der Waals surface area contributed by atoms with Gasteiger partial charge in [0.15, 0.2) is 0 Å². The van der Waals surface area contributed by atoms with Gasteiger partial charge >= 0.3 is 5.97 Å². The maximum Gasteiger partial charge on any atom is 0.307 e. The number of hydrogen-bond donors (Lipinski definition) is 4. The van der Waals surface area contributed by atoms with Crippen molar-refractivity contribution in [3.8, 4) is 0 Å². The van der Waals surface area contributed by atoms with E-state index in [4.69, 9.17) is 15.3 Å². The highest BCUT2D eigenvalue weighted by molar-refractivity contribution is 5.85. The zero-order valence-corrected chi connectivity index (χ0v) is 9.37. The summed E-state index contributed by atoms with van der Waals surface area (Å²) >= 11 is 0. The number of rotatable bonds is 5. The third-order valence-electron chi connectivity index (χ3n) is 2.81. The molecule has 3 atom stereocenters. The summed E-state index contributed by atoms with van der Waals surface area (Å²) in [7, 11) is 0. The van der Waals surface area contributed by atoms with Crippen molar-refractivity contribution in [3.05, 3.63) is 12.2 Å². The lowest BCUT2D eigenvalue weighted by atomic mass is 9.82. The minimum Gasteiger partial charge on any atom is -0.481 e. The van der Waals surface area contributed by atoms with Gasteiger partial charge in [-0.3, -0.25) is 9.59 Å². The number of allylic oxidation sites excluding steroid dienone is 2. The second-order valence-corrected chi connectivity index (χ2v) is 4.08. The predicted molar refractivity (Wildman–Crippen MR) is 59.1 cm³/mol. The highest BCUT2D eigenvalue weighted by atomic mass is 16.4. The molecule has 1 unspecified atom stereocenters. The second kappa shape index (κ2) is 6.36. The van der Waals surface area contributed by atoms with Gasteiger partial charge in [0, 0.05) is 6.54 Å². The summed E-state index contributed by atoms with van der Waals surface area (Å²) in [5.74, 6) is -2.71. The molecule has 6 nitrogen and oxygen atoms in total. The highest BCUT2D eigenvalue weighted by Gasteiger charge is 2.33. The van der Waals surface area contributed by atoms with E-state index in [1.54, 1.807) is 12.2 Å². The molecular weight excluding hydrogens is 226 g/mol. The molecule has 4 N–H and O–H groups in total. The zero-order valence-electron chi connectivity index (χ0n) is 9.37. The molecule has 96 valence electrons. The minimum atomic E-state index is -1.01. The summed E-state index contributed by atoms with van der Waals surface area (Å²) in [5, 5.41) is 29.1. The van der Waals surface area contributed by atoms with E-state index in [-0.39, 0.29) is 6.54 Å². The highest BCUT2D eigenvalue weighted by Crippen LogP contribution is 2.25. The van der Waals surface area contributed by atoms with Gasteiger partial charge in [-0.05, 0) is 12.8 Å². The summed E-state index contributed by atoms with van der Waals surface area (Å²) in [6, 6.07) is 0. The van der Waals surface area contributed by atoms with E-state index >= 15 is 0 Å². The van der Waals surface area contributed by atoms with Crippen LogP contribution in [0.5, 0.6) is 0 Å². The van der Waals surface area contributed by atoms with Gasteiger partial charge in [-0.2, -0.15) is 0 Å². The lowest BCUT2D eigenvalue weighted by Crippen LogP contribution is -2.42. The molecule has 0 radical (unpaired) electrons. The van der Waals surface area contributed by atoms with E-state index in [2.05, 4.69) is 5.32 Å². The minimum absolute atomic E-state index is 0.0676. The number of aliphatic hydroxyl groups is 2. The van der Waals surface area contributed by atoms with Gasteiger partial charge in [-0.15, -0.1) is 0 Å². The maximum absolute atomic E-state index is 11.7. The van der Waals surface area contributed by atoms with Crippen LogP contribution >= 0.6 is 0 Å². The molecule has 1 aliphatic carbocycles. The number of aliphatic carboxylic acids is 1. The molecule has 0 fully saturated rings. The Labute approximate surface area is 98.9 Å². The second-order valence-electron chi connectivity index (χ2n) is 4.08. The number of carbonyl (C=O) groups excluding carboxylic acids is 1. The predicted octanol–water partition coefficient (Wildman–Crippen LogP) is -0.877. The molecule has 6 heteroatoms. The Kier molecular flexibility index (Phi) is 5.11. The van der Waals surface area contributed by atoms with Crippen molar-refractivity contribution in [2.75, 3.05) is 13.2 Å². The monoisotopic (exact) mass is 243 g/mol. The molecule has 0 spiro atoms. The molecule has 0 bridgehead atoms. The van der Waals surface area contributed by atoms with Crippen molar-refractivity contribution in [1.82, 2.24) is 5.32 Å². The Morgan fingerprint density at radius 2 is 1.88 bits per heavy atom. The van der Waals surface area contributed by atoms with Crippen LogP contribution in [0.2, 0.25) is 0 Å². The lowest BCUT2D eigenvalue weighted by molar-refractivity contribution is -0.147. The van der Waals surface area contributed by atoms with Gasteiger partial charge in [0.2, 0.25) is 5.91 Å². The normalized spacial score (nSPS) is 25.3. The molecule has 0 aliphatic heterocycles. The van der Waals surface area contributed by atoms with Crippen molar-refractivity contribution in [2.24, 2.45) is 11.8 Å². The van der Waals surface area contributed by atoms with E-state index in [0.717, 1.165) is 0 Å². The Morgan fingerprint density at radius 1 is 1.29 bits per heavy atom. The average molecular weight is 243 g/mol. The first-order valence-electron chi connectivity index (χ1n) is 5.50. The van der Waals surface area contributed by atoms with Crippen LogP contribution in [-0.4, -0.2) is 46.5 Å². The van der Waals surface area contributed by atoms with Crippen LogP contribution in [0.4, 0.5) is 0 Å². The SMILES string of the molecule is O=C(O)[C@H]1CC=CC[C@H]1C(=O)NCC(O)CO. The third kappa shape index (κ3) is 3.83. The Balaban J connectivity index is 2.54. The van der Waals surface area contributed by atoms with Crippen LogP contribution in [0.1, 0.15) is 12.8 Å². The molecule has 0 aromatic rings. The summed E-state index contributed by atoms with van der Waals surface area (Å²) in [6.07, 6.45) is 3.26. The van der Waals surface area contributed by atoms with Crippen molar-refractivity contribution in [2.45, 2.75) is 18.9 Å². The number of nitrogens with one attached hydrogen (secondary N) is 1. The Bertz CT molecular complexity index is 315. The van der Waals surface area contributed by atoms with Crippen molar-refractivity contribution < 1.29 is 24.9 Å². The zero-order chi connectivity index (χ0) is 12.8. The van der Waals surface area contributed by atoms with Crippen LogP contribution in [0, 0.1) is 11.8 Å². The van der Waals surface area contributed by atoms with E-state index in [0.29, 0.717) is 12.8 Å². The molecule has 0 saturated carbocycles. The van der Waals surface area contributed by atoms with E-state index in [1.807, 2.05) is 0 Å². The van der Waals surface area contributed by atoms with Gasteiger partial charge in [0.05, 0.1) is 24.5 Å². The number of aliphatic hydroxyl groups excluding tert-OH is 2. The van der Waals surface area contributed by atoms with E-state index in [1.165, 1.54) is 0 Å². The van der Waals surface area contributed by atoms with Crippen molar-refractivity contribution in [3.63, 3.8) is 0 Å². The van der Waals surface area contributed by atoms with Crippen LogP contribution < -0.4 is 5.32 Å². The molecule has 17 heavy (non-hydrogen) atoms. The number of hydrogen-bond acceptors (Lipinski definition) is 4. The van der Waals surface area contributed by atoms with Gasteiger partial charge < -0.3 is 20.6 Å². The van der Waals surface area contributed by atoms with Gasteiger partial charge in [-0.1, -0.05) is 12.2 Å². The summed E-state index contributed by atoms with van der Waals surface area (Å²) in [4.78, 5) is 22.7. The molecular formula is C11H17NO5.